The number of aromatic nitrogens is 4. The number of para-hydroxylation sites is 2. The van der Waals surface area contributed by atoms with Crippen LogP contribution in [0.2, 0.25) is 0 Å². The van der Waals surface area contributed by atoms with Crippen molar-refractivity contribution in [3.8, 4) is 51.0 Å². The van der Waals surface area contributed by atoms with Crippen LogP contribution in [0.5, 0.6) is 0 Å². The van der Waals surface area contributed by atoms with Crippen molar-refractivity contribution in [3.63, 3.8) is 0 Å². The summed E-state index contributed by atoms with van der Waals surface area (Å²) in [6.07, 6.45) is 0. The van der Waals surface area contributed by atoms with Crippen LogP contribution < -0.4 is 0 Å². The minimum Gasteiger partial charge on any atom is -0.456 e. The fourth-order valence-electron chi connectivity index (χ4n) is 8.48. The van der Waals surface area contributed by atoms with Gasteiger partial charge in [-0.2, -0.15) is 0 Å². The highest BCUT2D eigenvalue weighted by Crippen LogP contribution is 2.43. The highest BCUT2D eigenvalue weighted by Gasteiger charge is 2.21. The fraction of sp³-hybridized carbons (Fsp3) is 0. The molecule has 12 aromatic rings. The summed E-state index contributed by atoms with van der Waals surface area (Å²) in [6.45, 7) is 0. The minimum atomic E-state index is 0.586. The van der Waals surface area contributed by atoms with Crippen LogP contribution in [-0.2, 0) is 0 Å². The maximum atomic E-state index is 6.60. The van der Waals surface area contributed by atoms with Gasteiger partial charge in [0.2, 0.25) is 0 Å². The monoisotopic (exact) mass is 730 g/mol. The lowest BCUT2D eigenvalue weighted by Crippen LogP contribution is -2.00. The van der Waals surface area contributed by atoms with E-state index in [2.05, 4.69) is 120 Å². The lowest BCUT2D eigenvalue weighted by atomic mass is 9.97. The third-order valence-electron chi connectivity index (χ3n) is 11.1. The van der Waals surface area contributed by atoms with Crippen LogP contribution in [0.4, 0.5) is 0 Å². The van der Waals surface area contributed by atoms with Gasteiger partial charge in [0.25, 0.3) is 0 Å². The van der Waals surface area contributed by atoms with Crippen molar-refractivity contribution in [2.45, 2.75) is 0 Å². The van der Waals surface area contributed by atoms with Crippen LogP contribution in [0.3, 0.4) is 0 Å². The topological polar surface area (TPSA) is 69.9 Å². The lowest BCUT2D eigenvalue weighted by molar-refractivity contribution is 0.669. The van der Waals surface area contributed by atoms with E-state index in [0.29, 0.717) is 17.5 Å². The molecule has 266 valence electrons. The molecule has 57 heavy (non-hydrogen) atoms. The highest BCUT2D eigenvalue weighted by molar-refractivity contribution is 6.19. The van der Waals surface area contributed by atoms with Gasteiger partial charge in [-0.15, -0.1) is 0 Å². The Morgan fingerprint density at radius 3 is 1.58 bits per heavy atom. The van der Waals surface area contributed by atoms with Gasteiger partial charge in [0.05, 0.1) is 22.1 Å². The van der Waals surface area contributed by atoms with Gasteiger partial charge in [-0.25, -0.2) is 15.0 Å². The van der Waals surface area contributed by atoms with Gasteiger partial charge >= 0.3 is 0 Å². The van der Waals surface area contributed by atoms with Gasteiger partial charge in [-0.3, -0.25) is 0 Å². The highest BCUT2D eigenvalue weighted by atomic mass is 16.3. The number of rotatable bonds is 5. The summed E-state index contributed by atoms with van der Waals surface area (Å²) in [5.74, 6) is 1.83. The first-order valence-corrected chi connectivity index (χ1v) is 19.0. The number of benzene rings is 8. The molecule has 12 rings (SSSR count). The minimum absolute atomic E-state index is 0.586. The lowest BCUT2D eigenvalue weighted by Gasteiger charge is -2.11. The zero-order chi connectivity index (χ0) is 37.5. The molecule has 0 fully saturated rings. The first-order valence-electron chi connectivity index (χ1n) is 19.0. The summed E-state index contributed by atoms with van der Waals surface area (Å²) in [4.78, 5) is 14.8. The number of hydrogen-bond acceptors (Lipinski definition) is 5. The molecule has 8 aromatic carbocycles. The van der Waals surface area contributed by atoms with Gasteiger partial charge in [-0.1, -0.05) is 127 Å². The SMILES string of the molecule is c1ccc(-c2nc(-c3ccccc3)nc(-c3ccc4c(c3)oc3ccc(-c5cccc6oc7cccc(-n8c9ccccc9c9ccccc98)c7c56)cc34)n2)cc1. The molecule has 0 N–H and O–H groups in total. The zero-order valence-electron chi connectivity index (χ0n) is 30.4. The largest absolute Gasteiger partial charge is 0.456 e. The second kappa shape index (κ2) is 12.3. The van der Waals surface area contributed by atoms with E-state index >= 15 is 0 Å². The standard InChI is InChI=1S/C51H30N4O2/c1-3-13-31(14-4-1)49-52-50(32-15-5-2-6-16-32)54-51(53-49)34-25-27-38-39-29-33(26-28-43(39)56-46(38)30-34)35-19-11-23-44-47(35)48-42(22-12-24-45(48)57-44)55-40-20-9-7-17-36(40)37-18-8-10-21-41(37)55/h1-30H. The molecular weight excluding hydrogens is 701 g/mol. The Morgan fingerprint density at radius 2 is 0.895 bits per heavy atom. The Labute approximate surface area is 325 Å². The zero-order valence-corrected chi connectivity index (χ0v) is 30.4. The molecule has 0 amide bonds. The van der Waals surface area contributed by atoms with E-state index in [1.54, 1.807) is 0 Å². The third kappa shape index (κ3) is 4.94. The van der Waals surface area contributed by atoms with E-state index in [1.807, 2.05) is 66.7 Å². The smallest absolute Gasteiger partial charge is 0.164 e. The Bertz CT molecular complexity index is 3410. The van der Waals surface area contributed by atoms with Gasteiger partial charge in [0.15, 0.2) is 17.5 Å². The van der Waals surface area contributed by atoms with Crippen molar-refractivity contribution in [2.24, 2.45) is 0 Å². The number of hydrogen-bond donors (Lipinski definition) is 0. The summed E-state index contributed by atoms with van der Waals surface area (Å²) < 4.78 is 15.5. The average molecular weight is 731 g/mol. The van der Waals surface area contributed by atoms with Crippen LogP contribution >= 0.6 is 0 Å². The molecule has 0 spiro atoms. The fourth-order valence-corrected chi connectivity index (χ4v) is 8.48. The van der Waals surface area contributed by atoms with Gasteiger partial charge < -0.3 is 13.4 Å². The van der Waals surface area contributed by atoms with Crippen molar-refractivity contribution in [1.82, 2.24) is 19.5 Å². The number of fused-ring (bicyclic) bond motifs is 9. The Hall–Kier alpha value is -7.83. The maximum Gasteiger partial charge on any atom is 0.164 e. The molecule has 0 atom stereocenters. The Morgan fingerprint density at radius 1 is 0.333 bits per heavy atom. The molecule has 6 heteroatoms. The molecule has 4 aromatic heterocycles. The van der Waals surface area contributed by atoms with Gasteiger partial charge in [0, 0.05) is 43.6 Å². The van der Waals surface area contributed by atoms with E-state index in [1.165, 1.54) is 10.8 Å². The Kier molecular flexibility index (Phi) is 6.83. The third-order valence-corrected chi connectivity index (χ3v) is 11.1. The summed E-state index contributed by atoms with van der Waals surface area (Å²) in [7, 11) is 0. The predicted molar refractivity (Wildman–Crippen MR) is 230 cm³/mol. The van der Waals surface area contributed by atoms with Crippen LogP contribution in [0.1, 0.15) is 0 Å². The normalized spacial score (nSPS) is 11.9. The van der Waals surface area contributed by atoms with E-state index in [9.17, 15) is 0 Å². The van der Waals surface area contributed by atoms with E-state index in [4.69, 9.17) is 23.8 Å². The van der Waals surface area contributed by atoms with Gasteiger partial charge in [-0.05, 0) is 65.7 Å². The first kappa shape index (κ1) is 31.5. The second-order valence-corrected chi connectivity index (χ2v) is 14.4. The molecule has 0 radical (unpaired) electrons. The van der Waals surface area contributed by atoms with Crippen LogP contribution in [0.25, 0.3) is 117 Å². The van der Waals surface area contributed by atoms with Crippen LogP contribution in [0.15, 0.2) is 191 Å². The predicted octanol–water partition coefficient (Wildman–Crippen LogP) is 13.4. The van der Waals surface area contributed by atoms with Crippen molar-refractivity contribution >= 4 is 65.7 Å². The molecule has 6 nitrogen and oxygen atoms in total. The van der Waals surface area contributed by atoms with Gasteiger partial charge in [0.1, 0.15) is 22.3 Å². The first-order chi connectivity index (χ1) is 28.2. The van der Waals surface area contributed by atoms with Crippen molar-refractivity contribution in [3.05, 3.63) is 182 Å². The van der Waals surface area contributed by atoms with Crippen molar-refractivity contribution in [1.29, 1.82) is 0 Å². The van der Waals surface area contributed by atoms with E-state index in [-0.39, 0.29) is 0 Å². The molecule has 0 unspecified atom stereocenters. The molecule has 0 bridgehead atoms. The molecule has 0 aliphatic carbocycles. The molecule has 0 aliphatic heterocycles. The maximum absolute atomic E-state index is 6.60. The van der Waals surface area contributed by atoms with E-state index in [0.717, 1.165) is 88.4 Å². The summed E-state index contributed by atoms with van der Waals surface area (Å²) in [5, 5.41) is 6.67. The summed E-state index contributed by atoms with van der Waals surface area (Å²) in [5.41, 5.74) is 11.6. The molecule has 4 heterocycles. The van der Waals surface area contributed by atoms with Crippen molar-refractivity contribution < 1.29 is 8.83 Å². The quantitative estimate of drug-likeness (QED) is 0.176. The summed E-state index contributed by atoms with van der Waals surface area (Å²) >= 11 is 0. The summed E-state index contributed by atoms with van der Waals surface area (Å²) in [6, 6.07) is 62.7. The number of furan rings is 2. The molecule has 0 saturated heterocycles. The van der Waals surface area contributed by atoms with Crippen LogP contribution in [0, 0.1) is 0 Å². The van der Waals surface area contributed by atoms with E-state index < -0.39 is 0 Å². The van der Waals surface area contributed by atoms with Crippen LogP contribution in [-0.4, -0.2) is 19.5 Å². The second-order valence-electron chi connectivity index (χ2n) is 14.4. The number of nitrogens with zero attached hydrogens (tertiary/aromatic N) is 4. The molecule has 0 aliphatic rings. The molecular formula is C51H30N4O2. The molecule has 0 saturated carbocycles. The van der Waals surface area contributed by atoms with Crippen molar-refractivity contribution in [2.75, 3.05) is 0 Å². The average Bonchev–Trinajstić information content (AvgIpc) is 3.96. The Balaban J connectivity index is 1.02.